The molecule has 1 aliphatic rings. The molecule has 0 radical (unpaired) electrons. The van der Waals surface area contributed by atoms with E-state index in [0.717, 1.165) is 14.3 Å². The largest absolute Gasteiger partial charge is 0.0826 e. The van der Waals surface area contributed by atoms with E-state index < -0.39 is 0 Å². The molecule has 0 saturated heterocycles. The molecule has 2 heteroatoms. The van der Waals surface area contributed by atoms with E-state index in [2.05, 4.69) is 69.4 Å². The van der Waals surface area contributed by atoms with Crippen LogP contribution in [0.4, 0.5) is 0 Å². The number of benzene rings is 1. The van der Waals surface area contributed by atoms with Gasteiger partial charge in [-0.25, -0.2) is 0 Å². The Morgan fingerprint density at radius 2 is 1.76 bits per heavy atom. The molecule has 0 amide bonds. The molecule has 17 heavy (non-hydrogen) atoms. The van der Waals surface area contributed by atoms with Gasteiger partial charge in [0, 0.05) is 8.35 Å². The maximum absolute atomic E-state index is 2.62. The summed E-state index contributed by atoms with van der Waals surface area (Å²) < 4.78 is 2.08. The van der Waals surface area contributed by atoms with Gasteiger partial charge in [-0.15, -0.1) is 0 Å². The molecule has 94 valence electrons. The smallest absolute Gasteiger partial charge is 0.0247 e. The molecule has 2 rings (SSSR count). The van der Waals surface area contributed by atoms with Gasteiger partial charge >= 0.3 is 0 Å². The highest BCUT2D eigenvalue weighted by Crippen LogP contribution is 2.34. The molecule has 1 aliphatic carbocycles. The summed E-state index contributed by atoms with van der Waals surface area (Å²) >= 11 is 5.04. The first-order chi connectivity index (χ1) is 8.28. The minimum atomic E-state index is 0.959. The monoisotopic (exact) mass is 454 g/mol. The number of hydrogen-bond acceptors (Lipinski definition) is 0. The minimum absolute atomic E-state index is 0.959. The fourth-order valence-corrected chi connectivity index (χ4v) is 4.25. The Labute approximate surface area is 132 Å². The number of hydrogen-bond donors (Lipinski definition) is 0. The van der Waals surface area contributed by atoms with Crippen LogP contribution in [-0.4, -0.2) is 3.92 Å². The van der Waals surface area contributed by atoms with E-state index in [1.165, 1.54) is 49.7 Å². The molecule has 1 saturated carbocycles. The summed E-state index contributed by atoms with van der Waals surface area (Å²) in [6, 6.07) is 9.17. The van der Waals surface area contributed by atoms with Gasteiger partial charge in [0.15, 0.2) is 0 Å². The van der Waals surface area contributed by atoms with Crippen molar-refractivity contribution in [1.82, 2.24) is 0 Å². The molecule has 0 N–H and O–H groups in total. The second kappa shape index (κ2) is 7.31. The second-order valence-corrected chi connectivity index (χ2v) is 7.64. The molecule has 0 bridgehead atoms. The molecule has 1 fully saturated rings. The van der Waals surface area contributed by atoms with Crippen molar-refractivity contribution in [2.24, 2.45) is 5.92 Å². The predicted octanol–water partition coefficient (Wildman–Crippen LogP) is 5.55. The number of halogens is 2. The molecule has 0 spiro atoms. The second-order valence-electron chi connectivity index (χ2n) is 5.12. The van der Waals surface area contributed by atoms with E-state index >= 15 is 0 Å². The van der Waals surface area contributed by atoms with Crippen molar-refractivity contribution < 1.29 is 0 Å². The number of alkyl halides is 2. The van der Waals surface area contributed by atoms with Gasteiger partial charge in [-0.3, -0.25) is 0 Å². The molecular formula is C15H20I2. The maximum Gasteiger partial charge on any atom is 0.0247 e. The summed E-state index contributed by atoms with van der Waals surface area (Å²) in [5, 5.41) is 0. The summed E-state index contributed by atoms with van der Waals surface area (Å²) in [4.78, 5) is 0. The first-order valence-corrected chi connectivity index (χ1v) is 9.33. The Morgan fingerprint density at radius 3 is 2.35 bits per heavy atom. The third kappa shape index (κ3) is 4.69. The van der Waals surface area contributed by atoms with Crippen molar-refractivity contribution in [3.63, 3.8) is 0 Å². The molecule has 2 atom stereocenters. The molecule has 0 aliphatic heterocycles. The Bertz CT molecular complexity index is 331. The van der Waals surface area contributed by atoms with Crippen molar-refractivity contribution in [3.8, 4) is 0 Å². The highest BCUT2D eigenvalue weighted by Gasteiger charge is 2.21. The lowest BCUT2D eigenvalue weighted by atomic mass is 9.98. The molecule has 0 aromatic heterocycles. The average molecular weight is 454 g/mol. The van der Waals surface area contributed by atoms with Crippen LogP contribution in [0, 0.1) is 5.92 Å². The van der Waals surface area contributed by atoms with Crippen LogP contribution >= 0.6 is 45.2 Å². The fraction of sp³-hybridized carbons (Fsp3) is 0.600. The van der Waals surface area contributed by atoms with Crippen molar-refractivity contribution in [2.75, 3.05) is 0 Å². The van der Waals surface area contributed by atoms with Crippen LogP contribution in [0.1, 0.15) is 43.2 Å². The van der Waals surface area contributed by atoms with Gasteiger partial charge in [-0.05, 0) is 49.1 Å². The lowest BCUT2D eigenvalue weighted by molar-refractivity contribution is 0.486. The Kier molecular flexibility index (Phi) is 6.06. The van der Waals surface area contributed by atoms with E-state index in [4.69, 9.17) is 0 Å². The molecular weight excluding hydrogens is 434 g/mol. The maximum atomic E-state index is 2.62. The van der Waals surface area contributed by atoms with Crippen LogP contribution in [0.2, 0.25) is 0 Å². The zero-order chi connectivity index (χ0) is 12.1. The lowest BCUT2D eigenvalue weighted by Gasteiger charge is -2.09. The van der Waals surface area contributed by atoms with E-state index in [-0.39, 0.29) is 0 Å². The van der Waals surface area contributed by atoms with Gasteiger partial charge < -0.3 is 0 Å². The van der Waals surface area contributed by atoms with E-state index in [9.17, 15) is 0 Å². The molecule has 0 heterocycles. The van der Waals surface area contributed by atoms with Crippen LogP contribution in [0.5, 0.6) is 0 Å². The number of aryl methyl sites for hydroxylation is 1. The zero-order valence-corrected chi connectivity index (χ0v) is 14.5. The Hall–Kier alpha value is 0.680. The zero-order valence-electron chi connectivity index (χ0n) is 10.2. The average Bonchev–Trinajstić information content (AvgIpc) is 2.76. The summed E-state index contributed by atoms with van der Waals surface area (Å²) in [5.74, 6) is 1.02. The van der Waals surface area contributed by atoms with Gasteiger partial charge in [-0.1, -0.05) is 75.9 Å². The van der Waals surface area contributed by atoms with Crippen molar-refractivity contribution in [3.05, 3.63) is 35.4 Å². The number of rotatable bonds is 5. The lowest BCUT2D eigenvalue weighted by Crippen LogP contribution is -1.96. The highest BCUT2D eigenvalue weighted by atomic mass is 127. The van der Waals surface area contributed by atoms with Crippen molar-refractivity contribution >= 4 is 45.2 Å². The SMILES string of the molecule is ICc1ccc(CCCC2CCC(I)C2)cc1. The first-order valence-electron chi connectivity index (χ1n) is 6.56. The highest BCUT2D eigenvalue weighted by molar-refractivity contribution is 14.1. The van der Waals surface area contributed by atoms with Crippen LogP contribution in [-0.2, 0) is 10.8 Å². The third-order valence-corrected chi connectivity index (χ3v) is 5.74. The van der Waals surface area contributed by atoms with Crippen molar-refractivity contribution in [1.29, 1.82) is 0 Å². The normalized spacial score (nSPS) is 24.1. The molecule has 2 unspecified atom stereocenters. The van der Waals surface area contributed by atoms with Gasteiger partial charge in [0.05, 0.1) is 0 Å². The van der Waals surface area contributed by atoms with E-state index in [0.29, 0.717) is 0 Å². The summed E-state index contributed by atoms with van der Waals surface area (Å²) in [6.07, 6.45) is 8.47. The van der Waals surface area contributed by atoms with Crippen LogP contribution in [0.3, 0.4) is 0 Å². The first kappa shape index (κ1) is 14.1. The Balaban J connectivity index is 1.70. The summed E-state index contributed by atoms with van der Waals surface area (Å²) in [5.41, 5.74) is 2.96. The van der Waals surface area contributed by atoms with E-state index in [1.54, 1.807) is 0 Å². The third-order valence-electron chi connectivity index (χ3n) is 3.73. The topological polar surface area (TPSA) is 0 Å². The fourth-order valence-electron chi connectivity index (χ4n) is 2.67. The standard InChI is InChI=1S/C15H20I2/c16-11-14-6-4-12(5-7-14)2-1-3-13-8-9-15(17)10-13/h4-7,13,15H,1-3,8-11H2. The predicted molar refractivity (Wildman–Crippen MR) is 92.3 cm³/mol. The van der Waals surface area contributed by atoms with Crippen molar-refractivity contribution in [2.45, 2.75) is 46.9 Å². The molecule has 1 aromatic carbocycles. The van der Waals surface area contributed by atoms with Gasteiger partial charge in [-0.2, -0.15) is 0 Å². The van der Waals surface area contributed by atoms with E-state index in [1.807, 2.05) is 0 Å². The molecule has 1 aromatic rings. The van der Waals surface area contributed by atoms with Crippen LogP contribution < -0.4 is 0 Å². The van der Waals surface area contributed by atoms with Crippen LogP contribution in [0.15, 0.2) is 24.3 Å². The van der Waals surface area contributed by atoms with Gasteiger partial charge in [0.1, 0.15) is 0 Å². The van der Waals surface area contributed by atoms with Gasteiger partial charge in [0.25, 0.3) is 0 Å². The van der Waals surface area contributed by atoms with Crippen LogP contribution in [0.25, 0.3) is 0 Å². The minimum Gasteiger partial charge on any atom is -0.0826 e. The molecule has 0 nitrogen and oxygen atoms in total. The summed E-state index contributed by atoms with van der Waals surface area (Å²) in [6.45, 7) is 0. The van der Waals surface area contributed by atoms with Gasteiger partial charge in [0.2, 0.25) is 0 Å². The summed E-state index contributed by atoms with van der Waals surface area (Å²) in [7, 11) is 0. The Morgan fingerprint density at radius 1 is 1.06 bits per heavy atom. The quantitative estimate of drug-likeness (QED) is 0.405.